The van der Waals surface area contributed by atoms with Gasteiger partial charge in [0.1, 0.15) is 0 Å². The summed E-state index contributed by atoms with van der Waals surface area (Å²) >= 11 is 0. The molecular weight excluding hydrogens is 326 g/mol. The highest BCUT2D eigenvalue weighted by Crippen LogP contribution is 2.38. The summed E-state index contributed by atoms with van der Waals surface area (Å²) in [6, 6.07) is 11.7. The van der Waals surface area contributed by atoms with Crippen molar-refractivity contribution in [1.82, 2.24) is 19.7 Å². The Balaban J connectivity index is 1.26. The van der Waals surface area contributed by atoms with Gasteiger partial charge in [0.05, 0.1) is 16.7 Å². The Morgan fingerprint density at radius 3 is 2.62 bits per heavy atom. The molecule has 6 nitrogen and oxygen atoms in total. The number of fused-ring (bicyclic) bond motifs is 1. The van der Waals surface area contributed by atoms with Gasteiger partial charge in [0.15, 0.2) is 0 Å². The fourth-order valence-electron chi connectivity index (χ4n) is 3.85. The average Bonchev–Trinajstić information content (AvgIpc) is 3.42. The summed E-state index contributed by atoms with van der Waals surface area (Å²) in [5.74, 6) is 2.03. The standard InChI is InChI=1S/C20H23N5O/c26-19-8-7-16(15-5-6-15)23-25(19)13-14-9-11-24(12-10-14)20-21-17-3-1-2-4-18(17)22-20/h1-4,7-8,14-15H,5-6,9-13H2,(H,21,22). The summed E-state index contributed by atoms with van der Waals surface area (Å²) in [5, 5.41) is 4.61. The second kappa shape index (κ2) is 6.27. The summed E-state index contributed by atoms with van der Waals surface area (Å²) in [7, 11) is 0. The summed E-state index contributed by atoms with van der Waals surface area (Å²) < 4.78 is 1.69. The first-order valence-electron chi connectivity index (χ1n) is 9.54. The Hall–Kier alpha value is -2.63. The fraction of sp³-hybridized carbons (Fsp3) is 0.450. The van der Waals surface area contributed by atoms with Gasteiger partial charge in [-0.3, -0.25) is 4.79 Å². The third-order valence-electron chi connectivity index (χ3n) is 5.60. The van der Waals surface area contributed by atoms with Gasteiger partial charge in [-0.1, -0.05) is 12.1 Å². The van der Waals surface area contributed by atoms with Gasteiger partial charge in [-0.05, 0) is 49.8 Å². The fourth-order valence-corrected chi connectivity index (χ4v) is 3.85. The number of piperidine rings is 1. The van der Waals surface area contributed by atoms with Crippen molar-refractivity contribution < 1.29 is 0 Å². The van der Waals surface area contributed by atoms with E-state index in [1.165, 1.54) is 12.8 Å². The highest BCUT2D eigenvalue weighted by molar-refractivity contribution is 5.77. The third kappa shape index (κ3) is 3.00. The highest BCUT2D eigenvalue weighted by atomic mass is 16.1. The number of nitrogens with zero attached hydrogens (tertiary/aromatic N) is 4. The van der Waals surface area contributed by atoms with Crippen LogP contribution in [0.2, 0.25) is 0 Å². The quantitative estimate of drug-likeness (QED) is 0.786. The van der Waals surface area contributed by atoms with Gasteiger partial charge in [-0.25, -0.2) is 9.67 Å². The molecule has 1 saturated heterocycles. The minimum atomic E-state index is 0.0223. The van der Waals surface area contributed by atoms with Crippen molar-refractivity contribution in [2.24, 2.45) is 5.92 Å². The van der Waals surface area contributed by atoms with Crippen LogP contribution in [0.1, 0.15) is 37.3 Å². The second-order valence-electron chi connectivity index (χ2n) is 7.56. The maximum absolute atomic E-state index is 12.1. The van der Waals surface area contributed by atoms with Crippen LogP contribution in [-0.2, 0) is 6.54 Å². The molecule has 3 aromatic rings. The van der Waals surface area contributed by atoms with E-state index in [-0.39, 0.29) is 5.56 Å². The van der Waals surface area contributed by atoms with Crippen LogP contribution in [0.5, 0.6) is 0 Å². The lowest BCUT2D eigenvalue weighted by atomic mass is 9.97. The third-order valence-corrected chi connectivity index (χ3v) is 5.60. The second-order valence-corrected chi connectivity index (χ2v) is 7.56. The Morgan fingerprint density at radius 1 is 1.04 bits per heavy atom. The number of hydrogen-bond donors (Lipinski definition) is 1. The van der Waals surface area contributed by atoms with E-state index in [0.717, 1.165) is 55.2 Å². The summed E-state index contributed by atoms with van der Waals surface area (Å²) in [6.45, 7) is 2.65. The van der Waals surface area contributed by atoms with Crippen LogP contribution in [0, 0.1) is 5.92 Å². The summed E-state index contributed by atoms with van der Waals surface area (Å²) in [5.41, 5.74) is 3.20. The van der Waals surface area contributed by atoms with Crippen LogP contribution < -0.4 is 10.5 Å². The maximum Gasteiger partial charge on any atom is 0.266 e. The van der Waals surface area contributed by atoms with Crippen molar-refractivity contribution in [2.75, 3.05) is 18.0 Å². The summed E-state index contributed by atoms with van der Waals surface area (Å²) in [6.07, 6.45) is 4.53. The lowest BCUT2D eigenvalue weighted by Gasteiger charge is -2.31. The number of aromatic amines is 1. The molecule has 1 aliphatic heterocycles. The van der Waals surface area contributed by atoms with Crippen LogP contribution in [0.15, 0.2) is 41.2 Å². The molecule has 2 aromatic heterocycles. The molecule has 6 heteroatoms. The van der Waals surface area contributed by atoms with Crippen LogP contribution in [0.25, 0.3) is 11.0 Å². The first-order valence-corrected chi connectivity index (χ1v) is 9.54. The normalized spacial score (nSPS) is 18.5. The minimum absolute atomic E-state index is 0.0223. The number of imidazole rings is 1. The van der Waals surface area contributed by atoms with Gasteiger partial charge >= 0.3 is 0 Å². The topological polar surface area (TPSA) is 66.8 Å². The molecule has 0 radical (unpaired) electrons. The number of nitrogens with one attached hydrogen (secondary N) is 1. The van der Waals surface area contributed by atoms with Crippen molar-refractivity contribution >= 4 is 17.0 Å². The number of hydrogen-bond acceptors (Lipinski definition) is 4. The average molecular weight is 349 g/mol. The molecule has 3 heterocycles. The molecule has 134 valence electrons. The predicted molar refractivity (Wildman–Crippen MR) is 102 cm³/mol. The Labute approximate surface area is 151 Å². The zero-order valence-electron chi connectivity index (χ0n) is 14.8. The maximum atomic E-state index is 12.1. The molecule has 1 aromatic carbocycles. The van der Waals surface area contributed by atoms with E-state index in [2.05, 4.69) is 21.0 Å². The molecule has 1 aliphatic carbocycles. The van der Waals surface area contributed by atoms with Crippen molar-refractivity contribution in [1.29, 1.82) is 0 Å². The van der Waals surface area contributed by atoms with E-state index in [1.54, 1.807) is 10.7 Å². The number of rotatable bonds is 4. The van der Waals surface area contributed by atoms with Gasteiger partial charge in [-0.2, -0.15) is 5.10 Å². The van der Waals surface area contributed by atoms with Crippen LogP contribution in [0.3, 0.4) is 0 Å². The van der Waals surface area contributed by atoms with Crippen LogP contribution in [-0.4, -0.2) is 32.8 Å². The van der Waals surface area contributed by atoms with E-state index in [0.29, 0.717) is 11.8 Å². The lowest BCUT2D eigenvalue weighted by molar-refractivity contribution is 0.332. The Bertz CT molecular complexity index is 946. The van der Waals surface area contributed by atoms with Crippen molar-refractivity contribution in [3.63, 3.8) is 0 Å². The number of benzene rings is 1. The summed E-state index contributed by atoms with van der Waals surface area (Å²) in [4.78, 5) is 22.6. The largest absolute Gasteiger partial charge is 0.342 e. The molecule has 1 N–H and O–H groups in total. The lowest BCUT2D eigenvalue weighted by Crippen LogP contribution is -2.37. The highest BCUT2D eigenvalue weighted by Gasteiger charge is 2.26. The SMILES string of the molecule is O=c1ccc(C2CC2)nn1CC1CCN(c2nc3ccccc3[nH]2)CC1. The molecule has 0 atom stereocenters. The van der Waals surface area contributed by atoms with Crippen molar-refractivity contribution in [3.8, 4) is 0 Å². The number of H-pyrrole nitrogens is 1. The molecule has 0 unspecified atom stereocenters. The number of para-hydroxylation sites is 2. The van der Waals surface area contributed by atoms with E-state index in [9.17, 15) is 4.79 Å². The molecular formula is C20H23N5O. The van der Waals surface area contributed by atoms with E-state index in [1.807, 2.05) is 24.3 Å². The zero-order valence-corrected chi connectivity index (χ0v) is 14.8. The molecule has 1 saturated carbocycles. The van der Waals surface area contributed by atoms with Crippen LogP contribution in [0.4, 0.5) is 5.95 Å². The van der Waals surface area contributed by atoms with E-state index < -0.39 is 0 Å². The van der Waals surface area contributed by atoms with Gasteiger partial charge in [0.2, 0.25) is 5.95 Å². The number of aromatic nitrogens is 4. The minimum Gasteiger partial charge on any atom is -0.342 e. The monoisotopic (exact) mass is 349 g/mol. The molecule has 2 aliphatic rings. The molecule has 0 bridgehead atoms. The molecule has 0 amide bonds. The van der Waals surface area contributed by atoms with Crippen molar-refractivity contribution in [2.45, 2.75) is 38.1 Å². The van der Waals surface area contributed by atoms with E-state index in [4.69, 9.17) is 4.98 Å². The van der Waals surface area contributed by atoms with Gasteiger partial charge < -0.3 is 9.88 Å². The van der Waals surface area contributed by atoms with Gasteiger partial charge in [-0.15, -0.1) is 0 Å². The Kier molecular flexibility index (Phi) is 3.76. The van der Waals surface area contributed by atoms with Crippen molar-refractivity contribution in [3.05, 3.63) is 52.4 Å². The first kappa shape index (κ1) is 15.6. The number of anilines is 1. The smallest absolute Gasteiger partial charge is 0.266 e. The molecule has 0 spiro atoms. The molecule has 2 fully saturated rings. The first-order chi connectivity index (χ1) is 12.8. The molecule has 5 rings (SSSR count). The predicted octanol–water partition coefficient (Wildman–Crippen LogP) is 2.91. The zero-order chi connectivity index (χ0) is 17.5. The van der Waals surface area contributed by atoms with Gasteiger partial charge in [0, 0.05) is 31.6 Å². The van der Waals surface area contributed by atoms with Crippen LogP contribution >= 0.6 is 0 Å². The Morgan fingerprint density at radius 2 is 1.85 bits per heavy atom. The van der Waals surface area contributed by atoms with E-state index >= 15 is 0 Å². The molecule has 26 heavy (non-hydrogen) atoms. The van der Waals surface area contributed by atoms with Gasteiger partial charge in [0.25, 0.3) is 5.56 Å².